The predicted molar refractivity (Wildman–Crippen MR) is 67.8 cm³/mol. The monoisotopic (exact) mass is 288 g/mol. The smallest absolute Gasteiger partial charge is 0.748 e. The normalized spacial score (nSPS) is 14.9. The minimum atomic E-state index is -4.21. The van der Waals surface area contributed by atoms with Crippen molar-refractivity contribution in [3.05, 3.63) is 0 Å². The van der Waals surface area contributed by atoms with Crippen LogP contribution in [0.25, 0.3) is 0 Å². The Morgan fingerprint density at radius 1 is 1.00 bits per heavy atom. The summed E-state index contributed by atoms with van der Waals surface area (Å²) in [5, 5.41) is 8.80. The van der Waals surface area contributed by atoms with Gasteiger partial charge in [0.05, 0.1) is 16.2 Å². The minimum Gasteiger partial charge on any atom is -0.748 e. The molecule has 0 bridgehead atoms. The van der Waals surface area contributed by atoms with Crippen LogP contribution in [-0.4, -0.2) is 29.4 Å². The summed E-state index contributed by atoms with van der Waals surface area (Å²) in [4.78, 5) is 0. The van der Waals surface area contributed by atoms with Gasteiger partial charge in [0.15, 0.2) is 0 Å². The number of aliphatic hydroxyl groups excluding tert-OH is 1. The maximum Gasteiger partial charge on any atom is 1.00 e. The van der Waals surface area contributed by atoms with Gasteiger partial charge in [-0.2, -0.15) is 0 Å². The van der Waals surface area contributed by atoms with Gasteiger partial charge in [0, 0.05) is 5.25 Å². The fourth-order valence-electron chi connectivity index (χ4n) is 1.83. The van der Waals surface area contributed by atoms with E-state index in [0.717, 1.165) is 25.7 Å². The van der Waals surface area contributed by atoms with Crippen LogP contribution >= 0.6 is 0 Å². The molecule has 0 aromatic rings. The number of aliphatic hydroxyl groups is 1. The summed E-state index contributed by atoms with van der Waals surface area (Å²) in [5.74, 6) is 0. The Morgan fingerprint density at radius 3 is 1.94 bits per heavy atom. The molecular weight excluding hydrogens is 263 g/mol. The molecule has 0 amide bonds. The van der Waals surface area contributed by atoms with Crippen LogP contribution in [-0.2, 0) is 10.1 Å². The Morgan fingerprint density at radius 2 is 1.50 bits per heavy atom. The number of rotatable bonds is 10. The summed E-state index contributed by atoms with van der Waals surface area (Å²) in [5.41, 5.74) is 0. The van der Waals surface area contributed by atoms with E-state index in [1.165, 1.54) is 0 Å². The van der Waals surface area contributed by atoms with Crippen molar-refractivity contribution in [2.24, 2.45) is 0 Å². The Hall–Kier alpha value is 0.870. The van der Waals surface area contributed by atoms with Gasteiger partial charge in [-0.25, -0.2) is 8.42 Å². The van der Waals surface area contributed by atoms with E-state index in [4.69, 9.17) is 0 Å². The summed E-state index contributed by atoms with van der Waals surface area (Å²) in [6.07, 6.45) is 4.91. The maximum absolute atomic E-state index is 11.0. The van der Waals surface area contributed by atoms with Crippen molar-refractivity contribution in [3.8, 4) is 0 Å². The third-order valence-electron chi connectivity index (χ3n) is 3.00. The molecule has 4 nitrogen and oxygen atoms in total. The zero-order valence-corrected chi connectivity index (χ0v) is 14.7. The third kappa shape index (κ3) is 10.8. The fourth-order valence-corrected chi connectivity index (χ4v) is 2.71. The van der Waals surface area contributed by atoms with E-state index in [-0.39, 0.29) is 36.0 Å². The van der Waals surface area contributed by atoms with Crippen molar-refractivity contribution >= 4 is 10.1 Å². The van der Waals surface area contributed by atoms with E-state index in [1.54, 1.807) is 0 Å². The van der Waals surface area contributed by atoms with E-state index >= 15 is 0 Å². The molecule has 1 N–H and O–H groups in total. The molecule has 0 heterocycles. The second-order valence-electron chi connectivity index (χ2n) is 4.63. The van der Waals surface area contributed by atoms with Crippen LogP contribution in [0, 0.1) is 0 Å². The van der Waals surface area contributed by atoms with Gasteiger partial charge < -0.3 is 9.66 Å². The summed E-state index contributed by atoms with van der Waals surface area (Å²) in [7, 11) is -4.21. The maximum atomic E-state index is 11.0. The summed E-state index contributed by atoms with van der Waals surface area (Å²) < 4.78 is 33.1. The van der Waals surface area contributed by atoms with Gasteiger partial charge in [-0.3, -0.25) is 0 Å². The molecule has 104 valence electrons. The summed E-state index contributed by atoms with van der Waals surface area (Å²) >= 11 is 0. The van der Waals surface area contributed by atoms with E-state index < -0.39 is 21.5 Å². The molecule has 0 aromatic heterocycles. The largest absolute Gasteiger partial charge is 1.00 e. The molecule has 0 radical (unpaired) electrons. The Labute approximate surface area is 134 Å². The van der Waals surface area contributed by atoms with Crippen LogP contribution in [0.15, 0.2) is 0 Å². The molecule has 0 saturated heterocycles. The van der Waals surface area contributed by atoms with Crippen LogP contribution in [0.4, 0.5) is 0 Å². The molecule has 0 rings (SSSR count). The number of hydrogen-bond donors (Lipinski definition) is 1. The Kier molecular flexibility index (Phi) is 13.7. The van der Waals surface area contributed by atoms with Gasteiger partial charge in [-0.1, -0.05) is 39.5 Å². The van der Waals surface area contributed by atoms with E-state index in [0.29, 0.717) is 19.3 Å². The molecule has 0 aliphatic heterocycles. The van der Waals surface area contributed by atoms with Crippen LogP contribution in [0.1, 0.15) is 65.2 Å². The molecule has 18 heavy (non-hydrogen) atoms. The number of unbranched alkanes of at least 4 members (excludes halogenated alkanes) is 2. The molecule has 0 saturated carbocycles. The molecule has 2 unspecified atom stereocenters. The van der Waals surface area contributed by atoms with Crippen LogP contribution in [0.3, 0.4) is 0 Å². The first kappa shape index (κ1) is 21.2. The second-order valence-corrected chi connectivity index (χ2v) is 6.28. The number of hydrogen-bond acceptors (Lipinski definition) is 4. The van der Waals surface area contributed by atoms with Gasteiger partial charge in [-0.05, 0) is 25.7 Å². The fraction of sp³-hybridized carbons (Fsp3) is 1.00. The summed E-state index contributed by atoms with van der Waals surface area (Å²) in [6.45, 7) is 4.00. The minimum absolute atomic E-state index is 0. The van der Waals surface area contributed by atoms with Crippen LogP contribution < -0.4 is 29.6 Å². The van der Waals surface area contributed by atoms with E-state index in [2.05, 4.69) is 0 Å². The van der Waals surface area contributed by atoms with Crippen molar-refractivity contribution in [1.82, 2.24) is 0 Å². The first-order valence-electron chi connectivity index (χ1n) is 6.54. The molecule has 0 aliphatic carbocycles. The van der Waals surface area contributed by atoms with Gasteiger partial charge >= 0.3 is 29.6 Å². The Bertz CT molecular complexity index is 280. The molecular formula is C12H25NaO4S. The van der Waals surface area contributed by atoms with Crippen LogP contribution in [0.5, 0.6) is 0 Å². The summed E-state index contributed by atoms with van der Waals surface area (Å²) in [6, 6.07) is 0. The zero-order valence-electron chi connectivity index (χ0n) is 11.9. The first-order chi connectivity index (χ1) is 7.91. The van der Waals surface area contributed by atoms with Crippen LogP contribution in [0.2, 0.25) is 0 Å². The van der Waals surface area contributed by atoms with Gasteiger partial charge in [0.25, 0.3) is 0 Å². The van der Waals surface area contributed by atoms with Crippen molar-refractivity contribution in [3.63, 3.8) is 0 Å². The van der Waals surface area contributed by atoms with Gasteiger partial charge in [-0.15, -0.1) is 0 Å². The van der Waals surface area contributed by atoms with Crippen molar-refractivity contribution < 1.29 is 47.6 Å². The SMILES string of the molecule is CCCCC(O)CCC(CCCC)S(=O)(=O)[O-].[Na+]. The topological polar surface area (TPSA) is 77.4 Å². The molecule has 0 fully saturated rings. The predicted octanol–water partition coefficient (Wildman–Crippen LogP) is -0.574. The molecule has 2 atom stereocenters. The molecule has 6 heteroatoms. The van der Waals surface area contributed by atoms with E-state index in [9.17, 15) is 18.1 Å². The molecule has 0 spiro atoms. The first-order valence-corrected chi connectivity index (χ1v) is 8.01. The molecule has 0 aromatic carbocycles. The van der Waals surface area contributed by atoms with Gasteiger partial charge in [0.1, 0.15) is 0 Å². The van der Waals surface area contributed by atoms with E-state index in [1.807, 2.05) is 13.8 Å². The quantitative estimate of drug-likeness (QED) is 0.431. The zero-order chi connectivity index (χ0) is 13.3. The van der Waals surface area contributed by atoms with Crippen molar-refractivity contribution in [2.75, 3.05) is 0 Å². The second kappa shape index (κ2) is 11.7. The standard InChI is InChI=1S/C12H26O4S.Na/c1-3-5-7-11(13)9-10-12(8-6-4-2)17(14,15)16;/h11-13H,3-10H2,1-2H3,(H,14,15,16);/q;+1/p-1. The average Bonchev–Trinajstić information content (AvgIpc) is 2.24. The Balaban J connectivity index is 0. The van der Waals surface area contributed by atoms with Gasteiger partial charge in [0.2, 0.25) is 0 Å². The third-order valence-corrected chi connectivity index (χ3v) is 4.29. The van der Waals surface area contributed by atoms with Crippen molar-refractivity contribution in [2.45, 2.75) is 76.6 Å². The molecule has 0 aliphatic rings. The average molecular weight is 288 g/mol. The van der Waals surface area contributed by atoms with Crippen molar-refractivity contribution in [1.29, 1.82) is 0 Å².